The highest BCUT2D eigenvalue weighted by Crippen LogP contribution is 2.33. The van der Waals surface area contributed by atoms with Crippen molar-refractivity contribution in [2.75, 3.05) is 6.54 Å². The standard InChI is InChI=1S/C36H43N5O6/c1-3-22(2)32(41-35(46)29(18-24-13-14-24)40-30(42)20-23-9-5-4-6-10-23)33(44)36(47)38-21-31(43)39-28(34(37)45)19-25-15-16-26-11-7-8-12-27(26)17-25/h4-12,15-17,22,24,28-29,32H,3,13-14,18-21H2,1-2H3,(H2,37,45)(H,38,47)(H,39,43)(H,40,42)(H,41,46)/t22-,28?,29?,32?/m0/s1. The highest BCUT2D eigenvalue weighted by atomic mass is 16.2. The quantitative estimate of drug-likeness (QED) is 0.141. The first-order chi connectivity index (χ1) is 22.5. The Bertz CT molecular complexity index is 1610. The number of benzene rings is 3. The smallest absolute Gasteiger partial charge is 0.290 e. The van der Waals surface area contributed by atoms with Crippen LogP contribution in [0.25, 0.3) is 10.8 Å². The van der Waals surface area contributed by atoms with Crippen LogP contribution in [-0.4, -0.2) is 60.0 Å². The molecule has 0 radical (unpaired) electrons. The van der Waals surface area contributed by atoms with Gasteiger partial charge in [0.1, 0.15) is 12.1 Å². The molecule has 0 saturated heterocycles. The average Bonchev–Trinajstić information content (AvgIpc) is 3.89. The van der Waals surface area contributed by atoms with Gasteiger partial charge in [-0.15, -0.1) is 0 Å². The topological polar surface area (TPSA) is 177 Å². The fraction of sp³-hybridized carbons (Fsp3) is 0.389. The van der Waals surface area contributed by atoms with Crippen molar-refractivity contribution in [3.8, 4) is 0 Å². The van der Waals surface area contributed by atoms with Crippen molar-refractivity contribution >= 4 is 46.1 Å². The molecular formula is C36H43N5O6. The van der Waals surface area contributed by atoms with Gasteiger partial charge < -0.3 is 27.0 Å². The second-order valence-electron chi connectivity index (χ2n) is 12.3. The Morgan fingerprint density at radius 1 is 0.787 bits per heavy atom. The molecule has 4 atom stereocenters. The van der Waals surface area contributed by atoms with Crippen molar-refractivity contribution in [1.29, 1.82) is 0 Å². The second-order valence-corrected chi connectivity index (χ2v) is 12.3. The monoisotopic (exact) mass is 641 g/mol. The van der Waals surface area contributed by atoms with E-state index in [-0.39, 0.29) is 18.7 Å². The van der Waals surface area contributed by atoms with Gasteiger partial charge in [-0.25, -0.2) is 0 Å². The molecule has 1 fully saturated rings. The van der Waals surface area contributed by atoms with Gasteiger partial charge in [0.25, 0.3) is 5.91 Å². The van der Waals surface area contributed by atoms with Crippen molar-refractivity contribution in [2.24, 2.45) is 17.6 Å². The summed E-state index contributed by atoms with van der Waals surface area (Å²) in [4.78, 5) is 77.2. The zero-order valence-corrected chi connectivity index (χ0v) is 26.8. The number of carbonyl (C=O) groups is 6. The fourth-order valence-electron chi connectivity index (χ4n) is 5.36. The van der Waals surface area contributed by atoms with Crippen molar-refractivity contribution in [1.82, 2.24) is 21.3 Å². The third-order valence-electron chi connectivity index (χ3n) is 8.48. The van der Waals surface area contributed by atoms with Crippen LogP contribution in [0, 0.1) is 11.8 Å². The Morgan fingerprint density at radius 2 is 1.45 bits per heavy atom. The Labute approximate surface area is 274 Å². The van der Waals surface area contributed by atoms with Gasteiger partial charge >= 0.3 is 0 Å². The lowest BCUT2D eigenvalue weighted by Gasteiger charge is -2.26. The molecule has 0 bridgehead atoms. The van der Waals surface area contributed by atoms with Crippen LogP contribution in [0.1, 0.15) is 50.7 Å². The number of nitrogens with one attached hydrogen (secondary N) is 4. The molecule has 1 aliphatic rings. The van der Waals surface area contributed by atoms with E-state index < -0.39 is 60.0 Å². The molecule has 11 nitrogen and oxygen atoms in total. The summed E-state index contributed by atoms with van der Waals surface area (Å²) in [6.45, 7) is 2.98. The zero-order valence-electron chi connectivity index (χ0n) is 26.8. The molecule has 11 heteroatoms. The maximum Gasteiger partial charge on any atom is 0.290 e. The van der Waals surface area contributed by atoms with Crippen molar-refractivity contribution in [3.63, 3.8) is 0 Å². The Kier molecular flexibility index (Phi) is 12.2. The molecule has 0 aliphatic heterocycles. The lowest BCUT2D eigenvalue weighted by atomic mass is 9.94. The number of Topliss-reactive ketones (excluding diaryl/α,β-unsaturated/α-hetero) is 1. The highest BCUT2D eigenvalue weighted by Gasteiger charge is 2.36. The van der Waals surface area contributed by atoms with Crippen LogP contribution in [0.2, 0.25) is 0 Å². The zero-order chi connectivity index (χ0) is 33.9. The van der Waals surface area contributed by atoms with E-state index in [9.17, 15) is 28.8 Å². The van der Waals surface area contributed by atoms with E-state index in [1.54, 1.807) is 6.92 Å². The molecule has 1 aliphatic carbocycles. The molecule has 0 spiro atoms. The highest BCUT2D eigenvalue weighted by molar-refractivity contribution is 6.38. The summed E-state index contributed by atoms with van der Waals surface area (Å²) in [5.74, 6) is -4.38. The average molecular weight is 642 g/mol. The number of amides is 5. The lowest BCUT2D eigenvalue weighted by molar-refractivity contribution is -0.142. The predicted octanol–water partition coefficient (Wildman–Crippen LogP) is 2.10. The summed E-state index contributed by atoms with van der Waals surface area (Å²) in [7, 11) is 0. The first-order valence-corrected chi connectivity index (χ1v) is 16.1. The molecule has 1 saturated carbocycles. The van der Waals surface area contributed by atoms with Gasteiger partial charge in [-0.2, -0.15) is 0 Å². The third-order valence-corrected chi connectivity index (χ3v) is 8.48. The van der Waals surface area contributed by atoms with E-state index in [4.69, 9.17) is 5.73 Å². The maximum absolute atomic E-state index is 13.4. The number of hydrogen-bond acceptors (Lipinski definition) is 6. The molecule has 5 amide bonds. The van der Waals surface area contributed by atoms with E-state index in [1.807, 2.05) is 79.7 Å². The van der Waals surface area contributed by atoms with Crippen LogP contribution in [-0.2, 0) is 41.6 Å². The van der Waals surface area contributed by atoms with E-state index in [0.717, 1.165) is 34.7 Å². The lowest BCUT2D eigenvalue weighted by Crippen LogP contribution is -2.56. The van der Waals surface area contributed by atoms with Crippen LogP contribution < -0.4 is 27.0 Å². The van der Waals surface area contributed by atoms with Gasteiger partial charge in [0.05, 0.1) is 19.0 Å². The predicted molar refractivity (Wildman–Crippen MR) is 178 cm³/mol. The molecule has 6 N–H and O–H groups in total. The molecule has 248 valence electrons. The number of carbonyl (C=O) groups excluding carboxylic acids is 6. The molecule has 3 aromatic carbocycles. The van der Waals surface area contributed by atoms with Gasteiger partial charge in [-0.1, -0.05) is 106 Å². The van der Waals surface area contributed by atoms with Crippen molar-refractivity contribution < 1.29 is 28.8 Å². The van der Waals surface area contributed by atoms with Crippen molar-refractivity contribution in [3.05, 3.63) is 83.9 Å². The number of primary amides is 1. The first-order valence-electron chi connectivity index (χ1n) is 16.1. The SMILES string of the molecule is CC[C@H](C)C(NC(=O)C(CC1CC1)NC(=O)Cc1ccccc1)C(=O)C(=O)NCC(=O)NC(Cc1ccc2ccccc2c1)C(N)=O. The summed E-state index contributed by atoms with van der Waals surface area (Å²) < 4.78 is 0. The molecule has 4 rings (SSSR count). The van der Waals surface area contributed by atoms with Gasteiger partial charge in [-0.3, -0.25) is 28.8 Å². The van der Waals surface area contributed by atoms with Gasteiger partial charge in [0, 0.05) is 6.42 Å². The van der Waals surface area contributed by atoms with Crippen LogP contribution in [0.15, 0.2) is 72.8 Å². The normalized spacial score (nSPS) is 15.0. The summed E-state index contributed by atoms with van der Waals surface area (Å²) in [6, 6.07) is 19.5. The number of fused-ring (bicyclic) bond motifs is 1. The van der Waals surface area contributed by atoms with Crippen LogP contribution in [0.3, 0.4) is 0 Å². The Hall–Kier alpha value is -5.06. The maximum atomic E-state index is 13.4. The molecule has 3 unspecified atom stereocenters. The second kappa shape index (κ2) is 16.5. The van der Waals surface area contributed by atoms with E-state index in [1.165, 1.54) is 0 Å². The first kappa shape index (κ1) is 34.8. The molecule has 3 aromatic rings. The molecule has 0 aromatic heterocycles. The number of hydrogen-bond donors (Lipinski definition) is 5. The van der Waals surface area contributed by atoms with Gasteiger partial charge in [0.2, 0.25) is 29.4 Å². The summed E-state index contributed by atoms with van der Waals surface area (Å²) in [5, 5.41) is 12.3. The Morgan fingerprint density at radius 3 is 2.11 bits per heavy atom. The van der Waals surface area contributed by atoms with E-state index in [2.05, 4.69) is 21.3 Å². The molecule has 47 heavy (non-hydrogen) atoms. The van der Waals surface area contributed by atoms with Crippen LogP contribution in [0.5, 0.6) is 0 Å². The minimum atomic E-state index is -1.17. The minimum absolute atomic E-state index is 0.104. The number of rotatable bonds is 17. The largest absolute Gasteiger partial charge is 0.368 e. The van der Waals surface area contributed by atoms with Gasteiger partial charge in [-0.05, 0) is 40.2 Å². The summed E-state index contributed by atoms with van der Waals surface area (Å²) >= 11 is 0. The van der Waals surface area contributed by atoms with Gasteiger partial charge in [0.15, 0.2) is 0 Å². The molecular weight excluding hydrogens is 598 g/mol. The summed E-state index contributed by atoms with van der Waals surface area (Å²) in [5.41, 5.74) is 7.14. The van der Waals surface area contributed by atoms with Crippen LogP contribution in [0.4, 0.5) is 0 Å². The number of nitrogens with two attached hydrogens (primary N) is 1. The van der Waals surface area contributed by atoms with E-state index >= 15 is 0 Å². The number of ketones is 1. The molecule has 0 heterocycles. The van der Waals surface area contributed by atoms with Crippen LogP contribution >= 0.6 is 0 Å². The fourth-order valence-corrected chi connectivity index (χ4v) is 5.36. The minimum Gasteiger partial charge on any atom is -0.368 e. The third kappa shape index (κ3) is 10.5. The Balaban J connectivity index is 1.33. The van der Waals surface area contributed by atoms with E-state index in [0.29, 0.717) is 18.8 Å². The van der Waals surface area contributed by atoms with Crippen molar-refractivity contribution in [2.45, 2.75) is 70.5 Å². The summed E-state index contributed by atoms with van der Waals surface area (Å²) in [6.07, 6.45) is 3.06.